The Labute approximate surface area is 197 Å². The van der Waals surface area contributed by atoms with Gasteiger partial charge in [-0.25, -0.2) is 0 Å². The van der Waals surface area contributed by atoms with Crippen LogP contribution < -0.4 is 9.54 Å². The van der Waals surface area contributed by atoms with E-state index in [1.54, 1.807) is 7.11 Å². The van der Waals surface area contributed by atoms with Gasteiger partial charge in [0.1, 0.15) is 5.75 Å². The molecule has 1 aromatic carbocycles. The van der Waals surface area contributed by atoms with E-state index < -0.39 is 0 Å². The average Bonchev–Trinajstić information content (AvgIpc) is 3.07. The summed E-state index contributed by atoms with van der Waals surface area (Å²) >= 11 is 2.80. The quantitative estimate of drug-likeness (QED) is 0.551. The molecule has 0 spiro atoms. The summed E-state index contributed by atoms with van der Waals surface area (Å²) in [6.45, 7) is 9.68. The second-order valence-electron chi connectivity index (χ2n) is 8.33. The number of benzene rings is 1. The van der Waals surface area contributed by atoms with Crippen LogP contribution in [0.15, 0.2) is 23.2 Å². The molecule has 1 saturated heterocycles. The van der Waals surface area contributed by atoms with E-state index in [1.165, 1.54) is 29.5 Å². The minimum atomic E-state index is -0.231. The molecule has 32 heavy (non-hydrogen) atoms. The van der Waals surface area contributed by atoms with Crippen LogP contribution in [0.25, 0.3) is 10.2 Å². The summed E-state index contributed by atoms with van der Waals surface area (Å²) in [7, 11) is 1.65. The van der Waals surface area contributed by atoms with Crippen LogP contribution in [0, 0.1) is 11.8 Å². The van der Waals surface area contributed by atoms with Crippen LogP contribution in [-0.2, 0) is 20.9 Å². The SMILES string of the molecule is CCOc1ccc2c(c1)sc(=NC(=O)CSCC(=O)N1CC(C)CC(C)C1)n2CCOC. The Morgan fingerprint density at radius 1 is 1.22 bits per heavy atom. The minimum Gasteiger partial charge on any atom is -0.494 e. The van der Waals surface area contributed by atoms with Crippen molar-refractivity contribution in [3.63, 3.8) is 0 Å². The molecule has 0 bridgehead atoms. The van der Waals surface area contributed by atoms with Crippen LogP contribution in [0.1, 0.15) is 27.2 Å². The first-order chi connectivity index (χ1) is 15.4. The fraction of sp³-hybridized carbons (Fsp3) is 0.609. The molecule has 2 heterocycles. The van der Waals surface area contributed by atoms with Crippen molar-refractivity contribution in [2.24, 2.45) is 16.8 Å². The third-order valence-electron chi connectivity index (χ3n) is 5.38. The maximum atomic E-state index is 12.6. The minimum absolute atomic E-state index is 0.113. The molecule has 1 aliphatic rings. The lowest BCUT2D eigenvalue weighted by Crippen LogP contribution is -2.43. The summed E-state index contributed by atoms with van der Waals surface area (Å²) in [6, 6.07) is 5.89. The highest BCUT2D eigenvalue weighted by molar-refractivity contribution is 8.00. The number of methoxy groups -OCH3 is 1. The van der Waals surface area contributed by atoms with Gasteiger partial charge in [0.15, 0.2) is 4.80 Å². The van der Waals surface area contributed by atoms with Crippen molar-refractivity contribution < 1.29 is 19.1 Å². The molecule has 2 amide bonds. The van der Waals surface area contributed by atoms with Crippen LogP contribution in [0.5, 0.6) is 5.75 Å². The number of ether oxygens (including phenoxy) is 2. The van der Waals surface area contributed by atoms with Gasteiger partial charge < -0.3 is 18.9 Å². The summed E-state index contributed by atoms with van der Waals surface area (Å²) in [4.78, 5) is 32.0. The van der Waals surface area contributed by atoms with Crippen LogP contribution in [0.4, 0.5) is 0 Å². The summed E-state index contributed by atoms with van der Waals surface area (Å²) in [6.07, 6.45) is 1.17. The Balaban J connectivity index is 1.67. The number of fused-ring (bicyclic) bond motifs is 1. The molecule has 0 radical (unpaired) electrons. The zero-order valence-corrected chi connectivity index (χ0v) is 21.0. The van der Waals surface area contributed by atoms with Crippen molar-refractivity contribution in [3.05, 3.63) is 23.0 Å². The number of hydrogen-bond acceptors (Lipinski definition) is 6. The molecule has 9 heteroatoms. The van der Waals surface area contributed by atoms with E-state index in [4.69, 9.17) is 9.47 Å². The number of thiazole rings is 1. The van der Waals surface area contributed by atoms with Crippen molar-refractivity contribution in [2.75, 3.05) is 44.9 Å². The third kappa shape index (κ3) is 6.59. The molecule has 7 nitrogen and oxygen atoms in total. The number of nitrogens with zero attached hydrogens (tertiary/aromatic N) is 3. The number of likely N-dealkylation sites (tertiary alicyclic amines) is 1. The molecule has 0 saturated carbocycles. The first-order valence-corrected chi connectivity index (χ1v) is 13.1. The highest BCUT2D eigenvalue weighted by Crippen LogP contribution is 2.24. The zero-order valence-electron chi connectivity index (χ0n) is 19.3. The fourth-order valence-electron chi connectivity index (χ4n) is 4.12. The van der Waals surface area contributed by atoms with E-state index in [2.05, 4.69) is 18.8 Å². The number of hydrogen-bond donors (Lipinski definition) is 0. The standard InChI is InChI=1S/C23H33N3O4S2/c1-5-30-18-6-7-19-20(11-18)32-23(26(19)8-9-29-4)24-21(27)14-31-15-22(28)25-12-16(2)10-17(3)13-25/h6-7,11,16-17H,5,8-10,12-15H2,1-4H3. The number of rotatable bonds is 9. The molecular weight excluding hydrogens is 446 g/mol. The topological polar surface area (TPSA) is 73.1 Å². The largest absolute Gasteiger partial charge is 0.494 e. The highest BCUT2D eigenvalue weighted by atomic mass is 32.2. The Kier molecular flexibility index (Phi) is 9.19. The number of thioether (sulfide) groups is 1. The molecule has 1 aliphatic heterocycles. The van der Waals surface area contributed by atoms with Gasteiger partial charge in [-0.3, -0.25) is 9.59 Å². The zero-order chi connectivity index (χ0) is 23.1. The van der Waals surface area contributed by atoms with E-state index >= 15 is 0 Å². The molecule has 0 aliphatic carbocycles. The van der Waals surface area contributed by atoms with Crippen LogP contribution in [0.2, 0.25) is 0 Å². The van der Waals surface area contributed by atoms with Crippen LogP contribution >= 0.6 is 23.1 Å². The Morgan fingerprint density at radius 3 is 2.66 bits per heavy atom. The van der Waals surface area contributed by atoms with E-state index in [-0.39, 0.29) is 17.6 Å². The van der Waals surface area contributed by atoms with Gasteiger partial charge in [0, 0.05) is 26.7 Å². The maximum absolute atomic E-state index is 12.6. The lowest BCUT2D eigenvalue weighted by atomic mass is 9.92. The van der Waals surface area contributed by atoms with Crippen molar-refractivity contribution in [1.29, 1.82) is 0 Å². The third-order valence-corrected chi connectivity index (χ3v) is 7.32. The second-order valence-corrected chi connectivity index (χ2v) is 10.3. The molecule has 3 rings (SSSR count). The highest BCUT2D eigenvalue weighted by Gasteiger charge is 2.25. The van der Waals surface area contributed by atoms with Gasteiger partial charge in [0.25, 0.3) is 5.91 Å². The molecule has 2 unspecified atom stereocenters. The number of carbonyl (C=O) groups is 2. The summed E-state index contributed by atoms with van der Waals surface area (Å²) in [5.41, 5.74) is 0.998. The first kappa shape index (κ1) is 24.8. The fourth-order valence-corrected chi connectivity index (χ4v) is 5.92. The van der Waals surface area contributed by atoms with Crippen molar-refractivity contribution in [2.45, 2.75) is 33.7 Å². The molecule has 2 aromatic rings. The molecule has 1 fully saturated rings. The van der Waals surface area contributed by atoms with Crippen LogP contribution in [0.3, 0.4) is 0 Å². The van der Waals surface area contributed by atoms with Gasteiger partial charge in [-0.15, -0.1) is 11.8 Å². The van der Waals surface area contributed by atoms with Gasteiger partial charge in [0.05, 0.1) is 34.9 Å². The molecule has 1 aromatic heterocycles. The predicted octanol–water partition coefficient (Wildman–Crippen LogP) is 3.41. The van der Waals surface area contributed by atoms with Gasteiger partial charge in [-0.05, 0) is 43.4 Å². The van der Waals surface area contributed by atoms with E-state index in [0.717, 1.165) is 29.1 Å². The molecule has 176 valence electrons. The molecular formula is C23H33N3O4S2. The molecule has 0 N–H and O–H groups in total. The Bertz CT molecular complexity index is 991. The van der Waals surface area contributed by atoms with Crippen molar-refractivity contribution in [3.8, 4) is 5.75 Å². The van der Waals surface area contributed by atoms with E-state index in [1.807, 2.05) is 34.6 Å². The lowest BCUT2D eigenvalue weighted by Gasteiger charge is -2.35. The Morgan fingerprint density at radius 2 is 1.97 bits per heavy atom. The maximum Gasteiger partial charge on any atom is 0.258 e. The molecule has 2 atom stereocenters. The van der Waals surface area contributed by atoms with Gasteiger partial charge in [-0.1, -0.05) is 25.2 Å². The van der Waals surface area contributed by atoms with Crippen molar-refractivity contribution >= 4 is 45.1 Å². The van der Waals surface area contributed by atoms with Gasteiger partial charge in [-0.2, -0.15) is 4.99 Å². The van der Waals surface area contributed by atoms with Gasteiger partial charge >= 0.3 is 0 Å². The van der Waals surface area contributed by atoms with Gasteiger partial charge in [0.2, 0.25) is 5.91 Å². The van der Waals surface area contributed by atoms with E-state index in [9.17, 15) is 9.59 Å². The summed E-state index contributed by atoms with van der Waals surface area (Å²) < 4.78 is 13.8. The first-order valence-electron chi connectivity index (χ1n) is 11.1. The summed E-state index contributed by atoms with van der Waals surface area (Å²) in [5, 5.41) is 0. The summed E-state index contributed by atoms with van der Waals surface area (Å²) in [5.74, 6) is 2.24. The number of aromatic nitrogens is 1. The lowest BCUT2D eigenvalue weighted by molar-refractivity contribution is -0.130. The second kappa shape index (κ2) is 11.9. The number of piperidine rings is 1. The van der Waals surface area contributed by atoms with Crippen LogP contribution in [-0.4, -0.2) is 66.2 Å². The normalized spacial score (nSPS) is 19.5. The predicted molar refractivity (Wildman–Crippen MR) is 130 cm³/mol. The smallest absolute Gasteiger partial charge is 0.258 e. The van der Waals surface area contributed by atoms with Crippen molar-refractivity contribution in [1.82, 2.24) is 9.47 Å². The number of carbonyl (C=O) groups excluding carboxylic acids is 2. The Hall–Kier alpha value is -1.84. The monoisotopic (exact) mass is 479 g/mol. The van der Waals surface area contributed by atoms with E-state index in [0.29, 0.717) is 42.1 Å². The average molecular weight is 480 g/mol. The number of amides is 2.